The molecule has 13 nitrogen and oxygen atoms in total. The van der Waals surface area contributed by atoms with Crippen LogP contribution in [0.5, 0.6) is 17.6 Å². The Balaban J connectivity index is 1.17. The highest BCUT2D eigenvalue weighted by Crippen LogP contribution is 2.50. The predicted octanol–water partition coefficient (Wildman–Crippen LogP) is 6.10. The zero-order chi connectivity index (χ0) is 40.3. The van der Waals surface area contributed by atoms with Crippen LogP contribution in [0.15, 0.2) is 24.3 Å². The van der Waals surface area contributed by atoms with Gasteiger partial charge in [0, 0.05) is 35.0 Å². The Bertz CT molecular complexity index is 2320. The second kappa shape index (κ2) is 15.0. The maximum Gasteiger partial charge on any atom is 0.408 e. The first-order valence-electron chi connectivity index (χ1n) is 20.2. The summed E-state index contributed by atoms with van der Waals surface area (Å²) in [7, 11) is 1.40. The molecular weight excluding hydrogens is 751 g/mol. The van der Waals surface area contributed by atoms with E-state index < -0.39 is 23.3 Å². The number of alkyl carbamates (subject to hydrolysis) is 1. The summed E-state index contributed by atoms with van der Waals surface area (Å²) in [4.78, 5) is 31.2. The van der Waals surface area contributed by atoms with E-state index in [2.05, 4.69) is 35.0 Å². The van der Waals surface area contributed by atoms with Crippen molar-refractivity contribution in [2.24, 2.45) is 5.41 Å². The van der Waals surface area contributed by atoms with Crippen molar-refractivity contribution in [3.63, 3.8) is 0 Å². The van der Waals surface area contributed by atoms with E-state index in [4.69, 9.17) is 40.1 Å². The zero-order valence-electron chi connectivity index (χ0n) is 33.0. The molecule has 0 radical (unpaired) electrons. The number of piperidine rings is 1. The van der Waals surface area contributed by atoms with Crippen molar-refractivity contribution in [2.75, 3.05) is 58.0 Å². The molecule has 5 aliphatic rings. The van der Waals surface area contributed by atoms with Crippen LogP contribution >= 0.6 is 0 Å². The normalized spacial score (nSPS) is 28.9. The van der Waals surface area contributed by atoms with Crippen molar-refractivity contribution < 1.29 is 42.4 Å². The lowest BCUT2D eigenvalue weighted by Gasteiger charge is -2.51. The number of phenolic OH excluding ortho intramolecular Hbond substituents is 1. The number of pyridine rings is 1. The number of aromatic nitrogens is 3. The van der Waals surface area contributed by atoms with E-state index in [1.165, 1.54) is 31.4 Å². The van der Waals surface area contributed by atoms with E-state index >= 15 is 8.78 Å². The van der Waals surface area contributed by atoms with Crippen LogP contribution in [0.3, 0.4) is 0 Å². The molecule has 58 heavy (non-hydrogen) atoms. The van der Waals surface area contributed by atoms with Gasteiger partial charge in [0.2, 0.25) is 5.88 Å². The molecule has 4 saturated heterocycles. The van der Waals surface area contributed by atoms with E-state index in [1.54, 1.807) is 0 Å². The van der Waals surface area contributed by atoms with Gasteiger partial charge in [0.25, 0.3) is 0 Å². The smallest absolute Gasteiger partial charge is 0.408 e. The maximum absolute atomic E-state index is 17.5. The van der Waals surface area contributed by atoms with E-state index in [1.807, 2.05) is 4.90 Å². The molecule has 5 unspecified atom stereocenters. The Morgan fingerprint density at radius 2 is 1.90 bits per heavy atom. The summed E-state index contributed by atoms with van der Waals surface area (Å²) in [6, 6.07) is 6.08. The van der Waals surface area contributed by atoms with Gasteiger partial charge in [-0.15, -0.1) is 6.42 Å². The summed E-state index contributed by atoms with van der Waals surface area (Å²) < 4.78 is 63.0. The third kappa shape index (κ3) is 6.68. The van der Waals surface area contributed by atoms with Crippen molar-refractivity contribution >= 4 is 33.6 Å². The lowest BCUT2D eigenvalue weighted by molar-refractivity contribution is -0.0967. The highest BCUT2D eigenvalue weighted by molar-refractivity contribution is 6.04. The molecule has 9 rings (SSSR count). The molecule has 4 aliphatic heterocycles. The van der Waals surface area contributed by atoms with Crippen molar-refractivity contribution in [3.05, 3.63) is 41.5 Å². The largest absolute Gasteiger partial charge is 0.508 e. The third-order valence-electron chi connectivity index (χ3n) is 12.9. The van der Waals surface area contributed by atoms with Crippen LogP contribution < -0.4 is 19.7 Å². The number of carbonyl (C=O) groups excluding carboxylic acids is 1. The standard InChI is InChI=1S/C43H48F2N6O7/c1-5-29-31(44)10-9-26-18-28(52)19-30(33(26)29)36-35(45)37-34(39(47-36)54-4)38(50-14-15-55-23-43(21-50)20-46-41(53)58-43)49-40(48-37)56-22-42-11-6-8-32(42)51(13-7-12-42)27-16-24(2)57-25(3)17-27/h1,9-10,18-19,24-25,27,32,52H,6-8,11-17,20-23H2,2-4H3,(H,46,53). The lowest BCUT2D eigenvalue weighted by Crippen LogP contribution is -2.57. The number of fused-ring (bicyclic) bond motifs is 3. The molecule has 1 aliphatic carbocycles. The monoisotopic (exact) mass is 798 g/mol. The Morgan fingerprint density at radius 1 is 1.09 bits per heavy atom. The van der Waals surface area contributed by atoms with Crippen LogP contribution in [0.25, 0.3) is 32.9 Å². The van der Waals surface area contributed by atoms with Gasteiger partial charge in [-0.3, -0.25) is 4.90 Å². The maximum atomic E-state index is 17.5. The fourth-order valence-electron chi connectivity index (χ4n) is 10.5. The molecule has 6 heterocycles. The van der Waals surface area contributed by atoms with Crippen LogP contribution in [-0.2, 0) is 14.2 Å². The quantitative estimate of drug-likeness (QED) is 0.209. The minimum atomic E-state index is -1.04. The zero-order valence-corrected chi connectivity index (χ0v) is 33.0. The molecule has 2 aromatic carbocycles. The van der Waals surface area contributed by atoms with Gasteiger partial charge in [0.1, 0.15) is 34.0 Å². The summed E-state index contributed by atoms with van der Waals surface area (Å²) in [6.45, 7) is 6.75. The van der Waals surface area contributed by atoms with Gasteiger partial charge in [0.15, 0.2) is 11.4 Å². The number of nitrogens with one attached hydrogen (secondary N) is 1. The molecule has 1 amide bonds. The second-order valence-electron chi connectivity index (χ2n) is 16.7. The van der Waals surface area contributed by atoms with Crippen molar-refractivity contribution in [3.8, 4) is 41.2 Å². The fourth-order valence-corrected chi connectivity index (χ4v) is 10.5. The number of hydrogen-bond donors (Lipinski definition) is 2. The van der Waals surface area contributed by atoms with Gasteiger partial charge in [-0.25, -0.2) is 18.6 Å². The molecule has 15 heteroatoms. The van der Waals surface area contributed by atoms with Crippen LogP contribution in [0.4, 0.5) is 19.4 Å². The average molecular weight is 799 g/mol. The number of likely N-dealkylation sites (tertiary alicyclic amines) is 1. The first-order chi connectivity index (χ1) is 28.0. The molecule has 5 fully saturated rings. The van der Waals surface area contributed by atoms with Gasteiger partial charge in [-0.05, 0) is 82.5 Å². The molecule has 0 bridgehead atoms. The Kier molecular flexibility index (Phi) is 9.93. The summed E-state index contributed by atoms with van der Waals surface area (Å²) in [5.41, 5.74) is -1.66. The fraction of sp³-hybridized carbons (Fsp3) is 0.535. The van der Waals surface area contributed by atoms with Gasteiger partial charge >= 0.3 is 12.1 Å². The first-order valence-corrected chi connectivity index (χ1v) is 20.2. The molecule has 1 saturated carbocycles. The highest BCUT2D eigenvalue weighted by atomic mass is 19.1. The second-order valence-corrected chi connectivity index (χ2v) is 16.7. The molecule has 4 aromatic rings. The first kappa shape index (κ1) is 38.5. The number of benzene rings is 2. The molecule has 2 N–H and O–H groups in total. The Labute approximate surface area is 335 Å². The van der Waals surface area contributed by atoms with Crippen LogP contribution in [0.2, 0.25) is 0 Å². The number of aromatic hydroxyl groups is 1. The van der Waals surface area contributed by atoms with Gasteiger partial charge in [-0.1, -0.05) is 18.4 Å². The summed E-state index contributed by atoms with van der Waals surface area (Å²) in [5, 5.41) is 14.3. The van der Waals surface area contributed by atoms with E-state index in [0.717, 1.165) is 51.5 Å². The van der Waals surface area contributed by atoms with Crippen LogP contribution in [0.1, 0.15) is 64.4 Å². The number of rotatable bonds is 7. The third-order valence-corrected chi connectivity index (χ3v) is 12.9. The van der Waals surface area contributed by atoms with E-state index in [9.17, 15) is 9.90 Å². The van der Waals surface area contributed by atoms with Crippen molar-refractivity contribution in [1.82, 2.24) is 25.2 Å². The number of nitrogens with zero attached hydrogens (tertiary/aromatic N) is 5. The number of phenols is 1. The number of amides is 1. The number of anilines is 1. The molecule has 2 aromatic heterocycles. The lowest BCUT2D eigenvalue weighted by atomic mass is 9.74. The summed E-state index contributed by atoms with van der Waals surface area (Å²) in [5.74, 6) is 0.869. The number of carbonyl (C=O) groups is 1. The average Bonchev–Trinajstić information content (AvgIpc) is 3.74. The number of halogens is 2. The minimum absolute atomic E-state index is 0.0267. The topological polar surface area (TPSA) is 141 Å². The Morgan fingerprint density at radius 3 is 2.66 bits per heavy atom. The van der Waals surface area contributed by atoms with Gasteiger partial charge < -0.3 is 39.0 Å². The Hall–Kier alpha value is -5.04. The summed E-state index contributed by atoms with van der Waals surface area (Å²) in [6.07, 6.45) is 12.7. The summed E-state index contributed by atoms with van der Waals surface area (Å²) >= 11 is 0. The van der Waals surface area contributed by atoms with Crippen LogP contribution in [-0.4, -0.2) is 114 Å². The molecular formula is C43H48F2N6O7. The minimum Gasteiger partial charge on any atom is -0.508 e. The molecule has 1 spiro atoms. The van der Waals surface area contributed by atoms with E-state index in [0.29, 0.717) is 30.6 Å². The number of ether oxygens (including phenoxy) is 5. The van der Waals surface area contributed by atoms with Gasteiger partial charge in [0.05, 0.1) is 57.8 Å². The SMILES string of the molecule is C#Cc1c(F)ccc2cc(O)cc(-c3nc(OC)c4c(N5CCOCC6(CNC(=O)O6)C5)nc(OCC56CCCC5N(C5CC(C)OC(C)C5)CCC6)nc4c3F)c12. The van der Waals surface area contributed by atoms with E-state index in [-0.39, 0.29) is 100 Å². The number of terminal acetylenes is 1. The van der Waals surface area contributed by atoms with Gasteiger partial charge in [-0.2, -0.15) is 9.97 Å². The molecule has 306 valence electrons. The van der Waals surface area contributed by atoms with Crippen LogP contribution in [0, 0.1) is 29.4 Å². The predicted molar refractivity (Wildman–Crippen MR) is 211 cm³/mol. The van der Waals surface area contributed by atoms with Crippen molar-refractivity contribution in [1.29, 1.82) is 0 Å². The van der Waals surface area contributed by atoms with Crippen molar-refractivity contribution in [2.45, 2.75) is 88.7 Å². The number of methoxy groups -OCH3 is 1. The molecule has 5 atom stereocenters. The highest BCUT2D eigenvalue weighted by Gasteiger charge is 2.51. The number of hydrogen-bond acceptors (Lipinski definition) is 12.